The number of aromatic nitrogens is 2. The number of nitrogens with zero attached hydrogens (tertiary/aromatic N) is 4. The standard InChI is InChI=1S/C13H20N4O4/c1-3-10-12(17(20)21)13(15(2)14-10)16-6-4-9(5-7-16)8-11(18)19/h9H,3-8H2,1-2H3,(H,18,19). The number of nitro groups is 1. The summed E-state index contributed by atoms with van der Waals surface area (Å²) in [6, 6.07) is 0. The molecule has 8 heteroatoms. The molecule has 116 valence electrons. The molecule has 0 unspecified atom stereocenters. The number of carbonyl (C=O) groups is 1. The summed E-state index contributed by atoms with van der Waals surface area (Å²) in [5.41, 5.74) is 0.571. The van der Waals surface area contributed by atoms with Crippen molar-refractivity contribution in [2.24, 2.45) is 13.0 Å². The maximum absolute atomic E-state index is 11.3. The summed E-state index contributed by atoms with van der Waals surface area (Å²) in [6.07, 6.45) is 2.15. The highest BCUT2D eigenvalue weighted by Crippen LogP contribution is 2.34. The van der Waals surface area contributed by atoms with Crippen LogP contribution in [0.5, 0.6) is 0 Å². The van der Waals surface area contributed by atoms with Crippen LogP contribution < -0.4 is 4.90 Å². The number of carboxylic acids is 1. The summed E-state index contributed by atoms with van der Waals surface area (Å²) in [7, 11) is 1.71. The van der Waals surface area contributed by atoms with Crippen molar-refractivity contribution in [3.05, 3.63) is 15.8 Å². The van der Waals surface area contributed by atoms with Gasteiger partial charge in [-0.2, -0.15) is 5.10 Å². The second-order valence-corrected chi connectivity index (χ2v) is 5.38. The predicted octanol–water partition coefficient (Wildman–Crippen LogP) is 1.58. The number of aryl methyl sites for hydroxylation is 2. The van der Waals surface area contributed by atoms with E-state index in [1.807, 2.05) is 11.8 Å². The Kier molecular flexibility index (Phi) is 4.44. The topological polar surface area (TPSA) is 102 Å². The number of anilines is 1. The molecule has 1 N–H and O–H groups in total. The highest BCUT2D eigenvalue weighted by Gasteiger charge is 2.32. The number of aliphatic carboxylic acids is 1. The first-order valence-corrected chi connectivity index (χ1v) is 7.11. The Balaban J connectivity index is 2.18. The summed E-state index contributed by atoms with van der Waals surface area (Å²) >= 11 is 0. The second-order valence-electron chi connectivity index (χ2n) is 5.38. The van der Waals surface area contributed by atoms with E-state index in [0.717, 1.165) is 12.8 Å². The van der Waals surface area contributed by atoms with Crippen molar-refractivity contribution in [3.63, 3.8) is 0 Å². The zero-order chi connectivity index (χ0) is 15.6. The van der Waals surface area contributed by atoms with E-state index in [0.29, 0.717) is 31.0 Å². The lowest BCUT2D eigenvalue weighted by atomic mass is 9.93. The largest absolute Gasteiger partial charge is 0.481 e. The highest BCUT2D eigenvalue weighted by atomic mass is 16.6. The molecule has 0 amide bonds. The van der Waals surface area contributed by atoms with E-state index in [9.17, 15) is 14.9 Å². The molecule has 8 nitrogen and oxygen atoms in total. The second kappa shape index (κ2) is 6.11. The van der Waals surface area contributed by atoms with E-state index in [2.05, 4.69) is 5.10 Å². The fourth-order valence-corrected chi connectivity index (χ4v) is 2.93. The number of hydrogen-bond acceptors (Lipinski definition) is 5. The maximum atomic E-state index is 11.3. The molecule has 1 aromatic heterocycles. The molecule has 0 bridgehead atoms. The van der Waals surface area contributed by atoms with E-state index in [1.165, 1.54) is 0 Å². The van der Waals surface area contributed by atoms with Crippen molar-refractivity contribution < 1.29 is 14.8 Å². The molecular formula is C13H20N4O4. The summed E-state index contributed by atoms with van der Waals surface area (Å²) in [5.74, 6) is -0.101. The third-order valence-electron chi connectivity index (χ3n) is 3.96. The lowest BCUT2D eigenvalue weighted by Gasteiger charge is -2.32. The Hall–Kier alpha value is -2.12. The lowest BCUT2D eigenvalue weighted by Crippen LogP contribution is -2.35. The molecule has 21 heavy (non-hydrogen) atoms. The third-order valence-corrected chi connectivity index (χ3v) is 3.96. The van der Waals surface area contributed by atoms with Gasteiger partial charge in [-0.1, -0.05) is 6.92 Å². The molecule has 0 aromatic carbocycles. The minimum absolute atomic E-state index is 0.0803. The Morgan fingerprint density at radius 3 is 2.57 bits per heavy atom. The average molecular weight is 296 g/mol. The molecule has 1 aliphatic heterocycles. The zero-order valence-electron chi connectivity index (χ0n) is 12.3. The number of rotatable bonds is 5. The smallest absolute Gasteiger partial charge is 0.334 e. The van der Waals surface area contributed by atoms with E-state index in [-0.39, 0.29) is 22.9 Å². The SMILES string of the molecule is CCc1nn(C)c(N2CCC(CC(=O)O)CC2)c1[N+](=O)[O-]. The van der Waals surface area contributed by atoms with Gasteiger partial charge in [-0.3, -0.25) is 14.9 Å². The summed E-state index contributed by atoms with van der Waals surface area (Å²) in [6.45, 7) is 3.10. The van der Waals surface area contributed by atoms with Gasteiger partial charge < -0.3 is 10.0 Å². The van der Waals surface area contributed by atoms with Gasteiger partial charge in [-0.15, -0.1) is 0 Å². The van der Waals surface area contributed by atoms with Gasteiger partial charge >= 0.3 is 11.7 Å². The van der Waals surface area contributed by atoms with Crippen LogP contribution in [0.3, 0.4) is 0 Å². The third kappa shape index (κ3) is 3.14. The van der Waals surface area contributed by atoms with Crippen molar-refractivity contribution >= 4 is 17.5 Å². The molecule has 0 saturated carbocycles. The number of piperidine rings is 1. The Bertz CT molecular complexity index is 547. The number of hydrogen-bond donors (Lipinski definition) is 1. The van der Waals surface area contributed by atoms with Crippen LogP contribution in [0.15, 0.2) is 0 Å². The van der Waals surface area contributed by atoms with Gasteiger partial charge in [0.05, 0.1) is 4.92 Å². The van der Waals surface area contributed by atoms with Crippen LogP contribution in [-0.2, 0) is 18.3 Å². The summed E-state index contributed by atoms with van der Waals surface area (Å²) in [4.78, 5) is 23.6. The van der Waals surface area contributed by atoms with Crippen LogP contribution in [0.1, 0.15) is 31.9 Å². The fourth-order valence-electron chi connectivity index (χ4n) is 2.93. The van der Waals surface area contributed by atoms with Crippen LogP contribution >= 0.6 is 0 Å². The normalized spacial score (nSPS) is 16.2. The van der Waals surface area contributed by atoms with Crippen molar-refractivity contribution in [1.29, 1.82) is 0 Å². The first-order chi connectivity index (χ1) is 9.93. The van der Waals surface area contributed by atoms with Crippen molar-refractivity contribution in [2.45, 2.75) is 32.6 Å². The minimum atomic E-state index is -0.784. The van der Waals surface area contributed by atoms with Crippen LogP contribution in [-0.4, -0.2) is 38.9 Å². The average Bonchev–Trinajstić information content (AvgIpc) is 2.76. The molecule has 1 saturated heterocycles. The predicted molar refractivity (Wildman–Crippen MR) is 76.4 cm³/mol. The maximum Gasteiger partial charge on any atom is 0.334 e. The van der Waals surface area contributed by atoms with E-state index in [4.69, 9.17) is 5.11 Å². The molecule has 1 fully saturated rings. The molecule has 1 aliphatic rings. The minimum Gasteiger partial charge on any atom is -0.481 e. The Morgan fingerprint density at radius 1 is 1.48 bits per heavy atom. The van der Waals surface area contributed by atoms with Gasteiger partial charge in [0.15, 0.2) is 0 Å². The molecule has 1 aromatic rings. The first-order valence-electron chi connectivity index (χ1n) is 7.11. The fraction of sp³-hybridized carbons (Fsp3) is 0.692. The quantitative estimate of drug-likeness (QED) is 0.654. The van der Waals surface area contributed by atoms with Crippen molar-refractivity contribution in [3.8, 4) is 0 Å². The van der Waals surface area contributed by atoms with Gasteiger partial charge in [0, 0.05) is 26.6 Å². The molecule has 0 aliphatic carbocycles. The molecule has 2 rings (SSSR count). The van der Waals surface area contributed by atoms with E-state index < -0.39 is 5.97 Å². The first kappa shape index (κ1) is 15.3. The lowest BCUT2D eigenvalue weighted by molar-refractivity contribution is -0.384. The summed E-state index contributed by atoms with van der Waals surface area (Å²) in [5, 5.41) is 24.4. The van der Waals surface area contributed by atoms with Gasteiger partial charge in [-0.25, -0.2) is 4.68 Å². The Labute approximate surface area is 122 Å². The van der Waals surface area contributed by atoms with Crippen LogP contribution in [0.25, 0.3) is 0 Å². The Morgan fingerprint density at radius 2 is 2.10 bits per heavy atom. The number of carboxylic acid groups (broad SMARTS) is 1. The zero-order valence-corrected chi connectivity index (χ0v) is 12.3. The monoisotopic (exact) mass is 296 g/mol. The van der Waals surface area contributed by atoms with Crippen LogP contribution in [0.2, 0.25) is 0 Å². The highest BCUT2D eigenvalue weighted by molar-refractivity contribution is 5.67. The molecule has 0 radical (unpaired) electrons. The van der Waals surface area contributed by atoms with Gasteiger partial charge in [0.1, 0.15) is 5.69 Å². The molecule has 0 atom stereocenters. The van der Waals surface area contributed by atoms with E-state index >= 15 is 0 Å². The van der Waals surface area contributed by atoms with E-state index in [1.54, 1.807) is 11.7 Å². The van der Waals surface area contributed by atoms with Gasteiger partial charge in [-0.05, 0) is 25.2 Å². The van der Waals surface area contributed by atoms with Gasteiger partial charge in [0.25, 0.3) is 0 Å². The molecule has 2 heterocycles. The molecular weight excluding hydrogens is 276 g/mol. The molecule has 0 spiro atoms. The van der Waals surface area contributed by atoms with Crippen molar-refractivity contribution in [1.82, 2.24) is 9.78 Å². The van der Waals surface area contributed by atoms with Crippen LogP contribution in [0, 0.1) is 16.0 Å². The van der Waals surface area contributed by atoms with Crippen molar-refractivity contribution in [2.75, 3.05) is 18.0 Å². The van der Waals surface area contributed by atoms with Crippen LogP contribution in [0.4, 0.5) is 11.5 Å². The van der Waals surface area contributed by atoms with Gasteiger partial charge in [0.2, 0.25) is 5.82 Å². The summed E-state index contributed by atoms with van der Waals surface area (Å²) < 4.78 is 1.56.